The summed E-state index contributed by atoms with van der Waals surface area (Å²) >= 11 is 0. The van der Waals surface area contributed by atoms with Crippen LogP contribution < -0.4 is 5.32 Å². The smallest absolute Gasteiger partial charge is 0.0468 e. The lowest BCUT2D eigenvalue weighted by Crippen LogP contribution is -2.30. The SMILES string of the molecule is CC(CO)CNC(CC(C)(C)C)c1ccccc1. The molecule has 102 valence electrons. The Bertz CT molecular complexity index is 329. The Morgan fingerprint density at radius 2 is 1.78 bits per heavy atom. The molecule has 0 aliphatic carbocycles. The topological polar surface area (TPSA) is 32.3 Å². The molecule has 0 radical (unpaired) electrons. The number of hydrogen-bond donors (Lipinski definition) is 2. The highest BCUT2D eigenvalue weighted by Crippen LogP contribution is 2.29. The van der Waals surface area contributed by atoms with Crippen molar-refractivity contribution in [2.45, 2.75) is 40.2 Å². The molecule has 2 nitrogen and oxygen atoms in total. The summed E-state index contributed by atoms with van der Waals surface area (Å²) in [5.74, 6) is 0.302. The van der Waals surface area contributed by atoms with Crippen LogP contribution in [0.5, 0.6) is 0 Å². The molecule has 0 aromatic heterocycles. The lowest BCUT2D eigenvalue weighted by molar-refractivity contribution is 0.223. The van der Waals surface area contributed by atoms with Gasteiger partial charge >= 0.3 is 0 Å². The molecule has 1 aromatic carbocycles. The molecular formula is C16H27NO. The van der Waals surface area contributed by atoms with Crippen LogP contribution >= 0.6 is 0 Å². The molecule has 2 heteroatoms. The van der Waals surface area contributed by atoms with E-state index in [1.807, 2.05) is 6.07 Å². The van der Waals surface area contributed by atoms with Crippen LogP contribution in [0.2, 0.25) is 0 Å². The zero-order valence-corrected chi connectivity index (χ0v) is 12.1. The molecule has 2 unspecified atom stereocenters. The van der Waals surface area contributed by atoms with E-state index in [1.165, 1.54) is 5.56 Å². The fourth-order valence-electron chi connectivity index (χ4n) is 2.01. The Morgan fingerprint density at radius 1 is 1.17 bits per heavy atom. The Labute approximate surface area is 111 Å². The summed E-state index contributed by atoms with van der Waals surface area (Å²) in [7, 11) is 0. The van der Waals surface area contributed by atoms with Gasteiger partial charge in [0.1, 0.15) is 0 Å². The van der Waals surface area contributed by atoms with Crippen molar-refractivity contribution in [2.24, 2.45) is 11.3 Å². The van der Waals surface area contributed by atoms with E-state index in [-0.39, 0.29) is 12.0 Å². The first-order chi connectivity index (χ1) is 8.42. The largest absolute Gasteiger partial charge is 0.396 e. The van der Waals surface area contributed by atoms with Gasteiger partial charge in [-0.15, -0.1) is 0 Å². The van der Waals surface area contributed by atoms with Gasteiger partial charge in [-0.1, -0.05) is 58.0 Å². The van der Waals surface area contributed by atoms with Crippen molar-refractivity contribution >= 4 is 0 Å². The summed E-state index contributed by atoms with van der Waals surface area (Å²) in [5.41, 5.74) is 1.62. The molecule has 2 atom stereocenters. The van der Waals surface area contributed by atoms with E-state index < -0.39 is 0 Å². The van der Waals surface area contributed by atoms with Crippen molar-refractivity contribution in [1.29, 1.82) is 0 Å². The third-order valence-electron chi connectivity index (χ3n) is 3.04. The van der Waals surface area contributed by atoms with Crippen LogP contribution in [-0.2, 0) is 0 Å². The summed E-state index contributed by atoms with van der Waals surface area (Å²) in [4.78, 5) is 0. The fraction of sp³-hybridized carbons (Fsp3) is 0.625. The maximum atomic E-state index is 9.11. The number of hydrogen-bond acceptors (Lipinski definition) is 2. The third kappa shape index (κ3) is 5.65. The number of benzene rings is 1. The zero-order chi connectivity index (χ0) is 13.6. The average Bonchev–Trinajstić information content (AvgIpc) is 2.33. The van der Waals surface area contributed by atoms with Crippen LogP contribution in [0.25, 0.3) is 0 Å². The first-order valence-corrected chi connectivity index (χ1v) is 6.81. The predicted molar refractivity (Wildman–Crippen MR) is 77.5 cm³/mol. The van der Waals surface area contributed by atoms with Crippen molar-refractivity contribution < 1.29 is 5.11 Å². The van der Waals surface area contributed by atoms with E-state index in [1.54, 1.807) is 0 Å². The standard InChI is InChI=1S/C16H27NO/c1-13(12-18)11-17-15(10-16(2,3)4)14-8-6-5-7-9-14/h5-9,13,15,17-18H,10-12H2,1-4H3. The lowest BCUT2D eigenvalue weighted by atomic mass is 9.85. The van der Waals surface area contributed by atoms with Gasteiger partial charge in [0.15, 0.2) is 0 Å². The third-order valence-corrected chi connectivity index (χ3v) is 3.04. The number of aliphatic hydroxyl groups excluding tert-OH is 1. The van der Waals surface area contributed by atoms with Crippen LogP contribution in [0.1, 0.15) is 45.7 Å². The van der Waals surface area contributed by atoms with Gasteiger partial charge in [0.05, 0.1) is 0 Å². The zero-order valence-electron chi connectivity index (χ0n) is 12.1. The van der Waals surface area contributed by atoms with Crippen molar-refractivity contribution in [2.75, 3.05) is 13.2 Å². The van der Waals surface area contributed by atoms with E-state index in [2.05, 4.69) is 57.3 Å². The minimum Gasteiger partial charge on any atom is -0.396 e. The molecular weight excluding hydrogens is 222 g/mol. The summed E-state index contributed by atoms with van der Waals surface area (Å²) in [6.45, 7) is 9.95. The van der Waals surface area contributed by atoms with E-state index in [0.717, 1.165) is 13.0 Å². The number of aliphatic hydroxyl groups is 1. The molecule has 18 heavy (non-hydrogen) atoms. The molecule has 0 fully saturated rings. The van der Waals surface area contributed by atoms with Gasteiger partial charge in [-0.2, -0.15) is 0 Å². The number of rotatable bonds is 6. The molecule has 0 saturated carbocycles. The second-order valence-electron chi connectivity index (χ2n) is 6.42. The summed E-state index contributed by atoms with van der Waals surface area (Å²) in [6.07, 6.45) is 1.09. The highest BCUT2D eigenvalue weighted by atomic mass is 16.3. The molecule has 1 aromatic rings. The maximum absolute atomic E-state index is 9.11. The first-order valence-electron chi connectivity index (χ1n) is 6.81. The molecule has 0 spiro atoms. The van der Waals surface area contributed by atoms with Gasteiger partial charge in [0, 0.05) is 19.2 Å². The van der Waals surface area contributed by atoms with Crippen molar-refractivity contribution in [3.8, 4) is 0 Å². The minimum atomic E-state index is 0.240. The Morgan fingerprint density at radius 3 is 2.28 bits per heavy atom. The maximum Gasteiger partial charge on any atom is 0.0468 e. The Kier molecular flexibility index (Phi) is 5.83. The normalized spacial score (nSPS) is 15.4. The average molecular weight is 249 g/mol. The van der Waals surface area contributed by atoms with Crippen LogP contribution in [0.4, 0.5) is 0 Å². The first kappa shape index (κ1) is 15.2. The molecule has 0 aliphatic heterocycles. The van der Waals surface area contributed by atoms with Gasteiger partial charge in [0.25, 0.3) is 0 Å². The van der Waals surface area contributed by atoms with Crippen molar-refractivity contribution in [3.63, 3.8) is 0 Å². The van der Waals surface area contributed by atoms with Gasteiger partial charge in [-0.05, 0) is 23.3 Å². The molecule has 0 bridgehead atoms. The molecule has 1 rings (SSSR count). The van der Waals surface area contributed by atoms with Crippen LogP contribution in [0.15, 0.2) is 30.3 Å². The summed E-state index contributed by atoms with van der Waals surface area (Å²) < 4.78 is 0. The van der Waals surface area contributed by atoms with E-state index in [4.69, 9.17) is 5.11 Å². The molecule has 0 saturated heterocycles. The lowest BCUT2D eigenvalue weighted by Gasteiger charge is -2.28. The van der Waals surface area contributed by atoms with Crippen LogP contribution in [0.3, 0.4) is 0 Å². The number of nitrogens with one attached hydrogen (secondary N) is 1. The Hall–Kier alpha value is -0.860. The second-order valence-corrected chi connectivity index (χ2v) is 6.42. The Balaban J connectivity index is 2.70. The fourth-order valence-corrected chi connectivity index (χ4v) is 2.01. The second kappa shape index (κ2) is 6.91. The molecule has 0 heterocycles. The molecule has 0 aliphatic rings. The minimum absolute atomic E-state index is 0.240. The van der Waals surface area contributed by atoms with Gasteiger partial charge in [0.2, 0.25) is 0 Å². The highest BCUT2D eigenvalue weighted by molar-refractivity contribution is 5.19. The summed E-state index contributed by atoms with van der Waals surface area (Å²) in [6, 6.07) is 10.9. The monoisotopic (exact) mass is 249 g/mol. The molecule has 0 amide bonds. The quantitative estimate of drug-likeness (QED) is 0.810. The van der Waals surface area contributed by atoms with E-state index in [0.29, 0.717) is 12.0 Å². The predicted octanol–water partition coefficient (Wildman–Crippen LogP) is 3.38. The highest BCUT2D eigenvalue weighted by Gasteiger charge is 2.20. The van der Waals surface area contributed by atoms with Gasteiger partial charge in [-0.3, -0.25) is 0 Å². The van der Waals surface area contributed by atoms with E-state index in [9.17, 15) is 0 Å². The van der Waals surface area contributed by atoms with Gasteiger partial charge < -0.3 is 10.4 Å². The van der Waals surface area contributed by atoms with Crippen LogP contribution in [0, 0.1) is 11.3 Å². The van der Waals surface area contributed by atoms with Crippen LogP contribution in [-0.4, -0.2) is 18.3 Å². The molecule has 2 N–H and O–H groups in total. The van der Waals surface area contributed by atoms with Gasteiger partial charge in [-0.25, -0.2) is 0 Å². The van der Waals surface area contributed by atoms with E-state index >= 15 is 0 Å². The van der Waals surface area contributed by atoms with Crippen molar-refractivity contribution in [1.82, 2.24) is 5.32 Å². The van der Waals surface area contributed by atoms with Crippen molar-refractivity contribution in [3.05, 3.63) is 35.9 Å². The summed E-state index contributed by atoms with van der Waals surface area (Å²) in [5, 5.41) is 12.7.